The molecule has 0 radical (unpaired) electrons. The molecule has 3 aromatic carbocycles. The lowest BCUT2D eigenvalue weighted by molar-refractivity contribution is 0.0602. The highest BCUT2D eigenvalue weighted by atomic mass is 32.2. The molecule has 2 heterocycles. The summed E-state index contributed by atoms with van der Waals surface area (Å²) in [6.07, 6.45) is 0.905. The van der Waals surface area contributed by atoms with Crippen molar-refractivity contribution in [3.8, 4) is 22.5 Å². The van der Waals surface area contributed by atoms with Gasteiger partial charge in [-0.3, -0.25) is 14.6 Å². The third-order valence-corrected chi connectivity index (χ3v) is 7.86. The van der Waals surface area contributed by atoms with Crippen molar-refractivity contribution in [3.63, 3.8) is 0 Å². The molecule has 0 unspecified atom stereocenters. The van der Waals surface area contributed by atoms with Crippen LogP contribution in [-0.4, -0.2) is 42.6 Å². The molecule has 2 aromatic heterocycles. The topological polar surface area (TPSA) is 157 Å². The summed E-state index contributed by atoms with van der Waals surface area (Å²) in [6.45, 7) is 2.07. The van der Waals surface area contributed by atoms with Crippen LogP contribution in [0.4, 0.5) is 5.69 Å². The summed E-state index contributed by atoms with van der Waals surface area (Å²) in [7, 11) is -2.61. The van der Waals surface area contributed by atoms with Gasteiger partial charge in [0.1, 0.15) is 0 Å². The van der Waals surface area contributed by atoms with E-state index >= 15 is 0 Å². The van der Waals surface area contributed by atoms with E-state index in [1.54, 1.807) is 18.2 Å². The second kappa shape index (κ2) is 10.6. The second-order valence-corrected chi connectivity index (χ2v) is 10.6. The molecule has 0 aliphatic carbocycles. The Hall–Kier alpha value is -5.03. The van der Waals surface area contributed by atoms with Crippen molar-refractivity contribution in [2.45, 2.75) is 18.2 Å². The van der Waals surface area contributed by atoms with Crippen molar-refractivity contribution in [2.75, 3.05) is 11.8 Å². The molecule has 11 heteroatoms. The number of fused-ring (bicyclic) bond motifs is 1. The minimum Gasteiger partial charge on any atom is -0.465 e. The van der Waals surface area contributed by atoms with E-state index in [9.17, 15) is 18.0 Å². The van der Waals surface area contributed by atoms with Crippen LogP contribution < -0.4 is 10.5 Å². The number of hydrogen-bond acceptors (Lipinski definition) is 7. The lowest BCUT2D eigenvalue weighted by Gasteiger charge is -2.10. The fourth-order valence-corrected chi connectivity index (χ4v) is 5.34. The molecular formula is C29H25N5O5S. The summed E-state index contributed by atoms with van der Waals surface area (Å²) in [5.74, 6) is -1.16. The summed E-state index contributed by atoms with van der Waals surface area (Å²) in [5, 5.41) is 7.87. The second-order valence-electron chi connectivity index (χ2n) is 8.97. The predicted octanol–water partition coefficient (Wildman–Crippen LogP) is 4.54. The maximum Gasteiger partial charge on any atom is 0.338 e. The Labute approximate surface area is 230 Å². The highest BCUT2D eigenvalue weighted by molar-refractivity contribution is 7.92. The van der Waals surface area contributed by atoms with Gasteiger partial charge >= 0.3 is 5.97 Å². The van der Waals surface area contributed by atoms with E-state index in [0.29, 0.717) is 28.0 Å². The number of methoxy groups -OCH3 is 1. The van der Waals surface area contributed by atoms with E-state index in [-0.39, 0.29) is 21.7 Å². The molecule has 40 heavy (non-hydrogen) atoms. The zero-order chi connectivity index (χ0) is 28.4. The Morgan fingerprint density at radius 2 is 1.60 bits per heavy atom. The first-order chi connectivity index (χ1) is 19.2. The fraction of sp³-hybridized carbons (Fsp3) is 0.103. The number of pyridine rings is 1. The van der Waals surface area contributed by atoms with Crippen molar-refractivity contribution < 1.29 is 22.7 Å². The molecule has 1 amide bonds. The van der Waals surface area contributed by atoms with Crippen LogP contribution in [0.1, 0.15) is 33.2 Å². The number of ether oxygens (including phenoxy) is 1. The Kier molecular flexibility index (Phi) is 7.05. The van der Waals surface area contributed by atoms with E-state index < -0.39 is 21.9 Å². The van der Waals surface area contributed by atoms with Gasteiger partial charge in [0.2, 0.25) is 5.91 Å². The van der Waals surface area contributed by atoms with E-state index in [2.05, 4.69) is 26.8 Å². The monoisotopic (exact) mass is 555 g/mol. The molecule has 4 N–H and O–H groups in total. The third-order valence-electron chi connectivity index (χ3n) is 6.46. The van der Waals surface area contributed by atoms with Gasteiger partial charge in [0.25, 0.3) is 10.0 Å². The number of aromatic nitrogens is 3. The maximum atomic E-state index is 12.9. The molecule has 0 bridgehead atoms. The summed E-state index contributed by atoms with van der Waals surface area (Å²) < 4.78 is 33.3. The summed E-state index contributed by atoms with van der Waals surface area (Å²) in [6, 6.07) is 21.4. The van der Waals surface area contributed by atoms with Crippen LogP contribution in [0.25, 0.3) is 33.5 Å². The molecule has 0 aliphatic heterocycles. The number of anilines is 1. The van der Waals surface area contributed by atoms with Crippen LogP contribution in [0.5, 0.6) is 0 Å². The summed E-state index contributed by atoms with van der Waals surface area (Å²) >= 11 is 0. The average molecular weight is 556 g/mol. The first-order valence-electron chi connectivity index (χ1n) is 12.3. The number of hydrogen-bond donors (Lipinski definition) is 3. The number of nitrogens with one attached hydrogen (secondary N) is 2. The van der Waals surface area contributed by atoms with Gasteiger partial charge in [0.15, 0.2) is 5.65 Å². The van der Waals surface area contributed by atoms with Crippen molar-refractivity contribution in [3.05, 3.63) is 95.6 Å². The molecule has 202 valence electrons. The standard InChI is InChI=1S/C29H25N5O5S/c1-3-17-4-6-19(7-5-17)26-25-23(29(36)39-2)16-24(31-28(25)33-32-26)18-10-14-22(15-11-18)40(37,38)34-21-12-8-20(9-13-21)27(30)35/h4-16,34H,3H2,1-2H3,(H2,30,35)(H,31,32,33). The smallest absolute Gasteiger partial charge is 0.338 e. The number of primary amides is 1. The van der Waals surface area contributed by atoms with Gasteiger partial charge in [-0.25, -0.2) is 18.2 Å². The zero-order valence-electron chi connectivity index (χ0n) is 21.6. The molecule has 10 nitrogen and oxygen atoms in total. The predicted molar refractivity (Wildman–Crippen MR) is 151 cm³/mol. The van der Waals surface area contributed by atoms with Gasteiger partial charge in [-0.05, 0) is 54.4 Å². The Morgan fingerprint density at radius 1 is 0.950 bits per heavy atom. The van der Waals surface area contributed by atoms with E-state index in [4.69, 9.17) is 10.5 Å². The highest BCUT2D eigenvalue weighted by Gasteiger charge is 2.21. The van der Waals surface area contributed by atoms with Crippen LogP contribution in [0.3, 0.4) is 0 Å². The SMILES string of the molecule is CCc1ccc(-c2[nH]nc3nc(-c4ccc(S(=O)(=O)Nc5ccc(C(N)=O)cc5)cc4)cc(C(=O)OC)c23)cc1. The first kappa shape index (κ1) is 26.6. The van der Waals surface area contributed by atoms with Crippen LogP contribution >= 0.6 is 0 Å². The molecule has 0 fully saturated rings. The minimum absolute atomic E-state index is 0.0158. The molecule has 5 rings (SSSR count). The fourth-order valence-electron chi connectivity index (χ4n) is 4.28. The lowest BCUT2D eigenvalue weighted by Crippen LogP contribution is -2.14. The van der Waals surface area contributed by atoms with Gasteiger partial charge in [-0.15, -0.1) is 0 Å². The third kappa shape index (κ3) is 5.14. The number of H-pyrrole nitrogens is 1. The van der Waals surface area contributed by atoms with Crippen LogP contribution in [0.15, 0.2) is 83.8 Å². The number of aryl methyl sites for hydroxylation is 1. The van der Waals surface area contributed by atoms with E-state index in [0.717, 1.165) is 12.0 Å². The van der Waals surface area contributed by atoms with Gasteiger partial charge in [-0.1, -0.05) is 43.3 Å². The van der Waals surface area contributed by atoms with Gasteiger partial charge in [0.05, 0.1) is 34.3 Å². The molecular weight excluding hydrogens is 530 g/mol. The number of esters is 1. The van der Waals surface area contributed by atoms with Crippen molar-refractivity contribution in [1.82, 2.24) is 15.2 Å². The largest absolute Gasteiger partial charge is 0.465 e. The Bertz CT molecular complexity index is 1830. The van der Waals surface area contributed by atoms with Crippen molar-refractivity contribution in [1.29, 1.82) is 0 Å². The normalized spacial score (nSPS) is 11.3. The van der Waals surface area contributed by atoms with Crippen LogP contribution in [0, 0.1) is 0 Å². The molecule has 0 aliphatic rings. The number of nitrogens with two attached hydrogens (primary N) is 1. The van der Waals surface area contributed by atoms with Gasteiger partial charge < -0.3 is 10.5 Å². The number of carbonyl (C=O) groups excluding carboxylic acids is 2. The number of sulfonamides is 1. The quantitative estimate of drug-likeness (QED) is 0.237. The molecule has 5 aromatic rings. The molecule has 0 spiro atoms. The van der Waals surface area contributed by atoms with E-state index in [1.807, 2.05) is 24.3 Å². The number of benzene rings is 3. The van der Waals surface area contributed by atoms with Crippen molar-refractivity contribution in [2.24, 2.45) is 5.73 Å². The Balaban J connectivity index is 1.48. The van der Waals surface area contributed by atoms with Gasteiger partial charge in [0, 0.05) is 22.4 Å². The summed E-state index contributed by atoms with van der Waals surface area (Å²) in [4.78, 5) is 28.7. The first-order valence-corrected chi connectivity index (χ1v) is 13.8. The highest BCUT2D eigenvalue weighted by Crippen LogP contribution is 2.32. The van der Waals surface area contributed by atoms with Gasteiger partial charge in [-0.2, -0.15) is 5.10 Å². The number of amides is 1. The van der Waals surface area contributed by atoms with Crippen molar-refractivity contribution >= 4 is 38.6 Å². The number of nitrogens with zero attached hydrogens (tertiary/aromatic N) is 2. The number of aromatic amines is 1. The maximum absolute atomic E-state index is 12.9. The van der Waals surface area contributed by atoms with Crippen LogP contribution in [0.2, 0.25) is 0 Å². The summed E-state index contributed by atoms with van der Waals surface area (Å²) in [5.41, 5.74) is 10.1. The van der Waals surface area contributed by atoms with E-state index in [1.165, 1.54) is 49.1 Å². The Morgan fingerprint density at radius 3 is 2.20 bits per heavy atom. The number of carbonyl (C=O) groups is 2. The van der Waals surface area contributed by atoms with Crippen LogP contribution in [-0.2, 0) is 21.2 Å². The lowest BCUT2D eigenvalue weighted by atomic mass is 10.0. The zero-order valence-corrected chi connectivity index (χ0v) is 22.5. The average Bonchev–Trinajstić information content (AvgIpc) is 3.40. The molecule has 0 saturated heterocycles. The molecule has 0 saturated carbocycles. The minimum atomic E-state index is -3.92. The molecule has 0 atom stereocenters. The number of rotatable bonds is 8.